The third kappa shape index (κ3) is 7.11. The summed E-state index contributed by atoms with van der Waals surface area (Å²) in [6.07, 6.45) is 5.60. The molecule has 32 heavy (non-hydrogen) atoms. The predicted molar refractivity (Wildman–Crippen MR) is 125 cm³/mol. The van der Waals surface area contributed by atoms with E-state index in [2.05, 4.69) is 12.2 Å². The Morgan fingerprint density at radius 2 is 1.91 bits per heavy atom. The van der Waals surface area contributed by atoms with E-state index >= 15 is 0 Å². The van der Waals surface area contributed by atoms with Gasteiger partial charge >= 0.3 is 12.0 Å². The highest BCUT2D eigenvalue weighted by molar-refractivity contribution is 5.92. The van der Waals surface area contributed by atoms with E-state index in [4.69, 9.17) is 9.84 Å². The number of benzene rings is 2. The fourth-order valence-corrected chi connectivity index (χ4v) is 3.19. The Hall–Kier alpha value is -3.35. The third-order valence-electron chi connectivity index (χ3n) is 4.96. The van der Waals surface area contributed by atoms with Gasteiger partial charge in [0.2, 0.25) is 5.76 Å². The lowest BCUT2D eigenvalue weighted by Crippen LogP contribution is -2.37. The number of aliphatic carboxylic acids is 1. The number of hydrogen-bond donors (Lipinski definition) is 2. The van der Waals surface area contributed by atoms with Gasteiger partial charge in [0.15, 0.2) is 0 Å². The van der Waals surface area contributed by atoms with E-state index in [0.717, 1.165) is 25.7 Å². The SMILES string of the molecule is CCCCCCNC(=O)N(C)c1cccc(-c2ccc(/C=C(/OCC)C(=O)O)cc2F)c1. The zero-order valence-electron chi connectivity index (χ0n) is 18.9. The fraction of sp³-hybridized carbons (Fsp3) is 0.360. The summed E-state index contributed by atoms with van der Waals surface area (Å²) in [5.74, 6) is -1.96. The molecule has 0 aromatic heterocycles. The summed E-state index contributed by atoms with van der Waals surface area (Å²) >= 11 is 0. The van der Waals surface area contributed by atoms with Gasteiger partial charge in [-0.3, -0.25) is 4.90 Å². The minimum Gasteiger partial charge on any atom is -0.487 e. The van der Waals surface area contributed by atoms with Gasteiger partial charge in [-0.15, -0.1) is 0 Å². The summed E-state index contributed by atoms with van der Waals surface area (Å²) < 4.78 is 19.9. The monoisotopic (exact) mass is 442 g/mol. The van der Waals surface area contributed by atoms with Crippen LogP contribution in [0.4, 0.5) is 14.9 Å². The standard InChI is InChI=1S/C25H31FN2O4/c1-4-6-7-8-14-27-25(31)28(3)20-11-9-10-19(17-20)21-13-12-18(15-22(21)26)16-23(24(29)30)32-5-2/h9-13,15-17H,4-8,14H2,1-3H3,(H,27,31)(H,29,30)/b23-16+. The summed E-state index contributed by atoms with van der Waals surface area (Å²) in [5, 5.41) is 12.1. The highest BCUT2D eigenvalue weighted by atomic mass is 19.1. The number of hydrogen-bond acceptors (Lipinski definition) is 3. The first-order valence-corrected chi connectivity index (χ1v) is 10.9. The Bertz CT molecular complexity index is 959. The fourth-order valence-electron chi connectivity index (χ4n) is 3.19. The van der Waals surface area contributed by atoms with Crippen LogP contribution in [0.15, 0.2) is 48.2 Å². The van der Waals surface area contributed by atoms with Crippen LogP contribution in [0.5, 0.6) is 0 Å². The Morgan fingerprint density at radius 3 is 2.56 bits per heavy atom. The van der Waals surface area contributed by atoms with Crippen molar-refractivity contribution in [2.75, 3.05) is 25.1 Å². The average molecular weight is 443 g/mol. The molecular formula is C25H31FN2O4. The van der Waals surface area contributed by atoms with Gasteiger partial charge < -0.3 is 15.2 Å². The second kappa shape index (κ2) is 12.5. The van der Waals surface area contributed by atoms with Crippen LogP contribution in [-0.2, 0) is 9.53 Å². The van der Waals surface area contributed by atoms with Crippen LogP contribution in [0.2, 0.25) is 0 Å². The van der Waals surface area contributed by atoms with Gasteiger partial charge in [-0.1, -0.05) is 50.5 Å². The quantitative estimate of drug-likeness (QED) is 0.267. The Labute approximate surface area is 188 Å². The van der Waals surface area contributed by atoms with Crippen LogP contribution in [-0.4, -0.2) is 37.3 Å². The Kier molecular flexibility index (Phi) is 9.73. The summed E-state index contributed by atoms with van der Waals surface area (Å²) in [7, 11) is 1.67. The summed E-state index contributed by atoms with van der Waals surface area (Å²) in [5.41, 5.74) is 1.99. The molecule has 2 amide bonds. The molecule has 6 nitrogen and oxygen atoms in total. The number of carbonyl (C=O) groups excluding carboxylic acids is 1. The van der Waals surface area contributed by atoms with Crippen molar-refractivity contribution in [2.24, 2.45) is 0 Å². The number of carboxylic acids is 1. The van der Waals surface area contributed by atoms with Crippen molar-refractivity contribution in [1.29, 1.82) is 0 Å². The molecule has 7 heteroatoms. The molecule has 0 heterocycles. The molecule has 0 unspecified atom stereocenters. The average Bonchev–Trinajstić information content (AvgIpc) is 2.78. The molecule has 172 valence electrons. The molecule has 0 fully saturated rings. The van der Waals surface area contributed by atoms with Gasteiger partial charge in [0.05, 0.1) is 6.61 Å². The molecule has 0 spiro atoms. The lowest BCUT2D eigenvalue weighted by atomic mass is 10.0. The minimum absolute atomic E-state index is 0.200. The van der Waals surface area contributed by atoms with Crippen LogP contribution in [0.1, 0.15) is 45.1 Å². The second-order valence-electron chi connectivity index (χ2n) is 7.39. The van der Waals surface area contributed by atoms with Crippen molar-refractivity contribution in [3.63, 3.8) is 0 Å². The predicted octanol–water partition coefficient (Wildman–Crippen LogP) is 5.68. The number of carboxylic acid groups (broad SMARTS) is 1. The number of carbonyl (C=O) groups is 2. The van der Waals surface area contributed by atoms with Crippen LogP contribution >= 0.6 is 0 Å². The van der Waals surface area contributed by atoms with Gasteiger partial charge in [0, 0.05) is 24.8 Å². The molecule has 2 aromatic rings. The second-order valence-corrected chi connectivity index (χ2v) is 7.39. The molecule has 2 aromatic carbocycles. The molecule has 0 bridgehead atoms. The molecule has 2 N–H and O–H groups in total. The third-order valence-corrected chi connectivity index (χ3v) is 4.96. The first kappa shape index (κ1) is 24.9. The number of rotatable bonds is 11. The van der Waals surface area contributed by atoms with E-state index in [1.807, 2.05) is 0 Å². The van der Waals surface area contributed by atoms with E-state index in [1.54, 1.807) is 50.4 Å². The van der Waals surface area contributed by atoms with Crippen LogP contribution < -0.4 is 10.2 Å². The number of urea groups is 1. The largest absolute Gasteiger partial charge is 0.487 e. The minimum atomic E-state index is -1.21. The zero-order chi connectivity index (χ0) is 23.5. The van der Waals surface area contributed by atoms with Gasteiger partial charge in [-0.2, -0.15) is 0 Å². The molecule has 0 aliphatic rings. The number of ether oxygens (including phenoxy) is 1. The lowest BCUT2D eigenvalue weighted by Gasteiger charge is -2.19. The van der Waals surface area contributed by atoms with Crippen molar-refractivity contribution in [2.45, 2.75) is 39.5 Å². The highest BCUT2D eigenvalue weighted by Gasteiger charge is 2.13. The summed E-state index contributed by atoms with van der Waals surface area (Å²) in [6.45, 7) is 4.63. The maximum absolute atomic E-state index is 14.8. The molecule has 0 radical (unpaired) electrons. The van der Waals surface area contributed by atoms with Crippen molar-refractivity contribution in [3.8, 4) is 11.1 Å². The molecular weight excluding hydrogens is 411 g/mol. The van der Waals surface area contributed by atoms with Crippen molar-refractivity contribution in [3.05, 3.63) is 59.6 Å². The van der Waals surface area contributed by atoms with Gasteiger partial charge in [-0.25, -0.2) is 14.0 Å². The first-order valence-electron chi connectivity index (χ1n) is 10.9. The van der Waals surface area contributed by atoms with Gasteiger partial charge in [0.25, 0.3) is 0 Å². The van der Waals surface area contributed by atoms with Crippen LogP contribution in [0.25, 0.3) is 17.2 Å². The van der Waals surface area contributed by atoms with E-state index in [-0.39, 0.29) is 18.4 Å². The normalized spacial score (nSPS) is 11.2. The molecule has 0 atom stereocenters. The van der Waals surface area contributed by atoms with Gasteiger partial charge in [-0.05, 0) is 48.7 Å². The molecule has 2 rings (SSSR count). The van der Waals surface area contributed by atoms with E-state index < -0.39 is 11.8 Å². The maximum Gasteiger partial charge on any atom is 0.371 e. The van der Waals surface area contributed by atoms with Crippen molar-refractivity contribution < 1.29 is 23.8 Å². The number of nitrogens with zero attached hydrogens (tertiary/aromatic N) is 1. The Balaban J connectivity index is 2.16. The van der Waals surface area contributed by atoms with Crippen molar-refractivity contribution >= 4 is 23.8 Å². The molecule has 0 saturated heterocycles. The highest BCUT2D eigenvalue weighted by Crippen LogP contribution is 2.28. The first-order chi connectivity index (χ1) is 15.4. The number of unbranched alkanes of at least 4 members (excludes halogenated alkanes) is 3. The summed E-state index contributed by atoms with van der Waals surface area (Å²) in [6, 6.07) is 11.3. The van der Waals surface area contributed by atoms with Crippen LogP contribution in [0, 0.1) is 5.82 Å². The van der Waals surface area contributed by atoms with E-state index in [9.17, 15) is 14.0 Å². The number of anilines is 1. The number of nitrogens with one attached hydrogen (secondary N) is 1. The lowest BCUT2D eigenvalue weighted by molar-refractivity contribution is -0.136. The van der Waals surface area contributed by atoms with E-state index in [0.29, 0.717) is 28.9 Å². The smallest absolute Gasteiger partial charge is 0.371 e. The molecule has 0 saturated carbocycles. The summed E-state index contributed by atoms with van der Waals surface area (Å²) in [4.78, 5) is 25.1. The van der Waals surface area contributed by atoms with E-state index in [1.165, 1.54) is 17.0 Å². The number of halogens is 1. The van der Waals surface area contributed by atoms with Crippen LogP contribution in [0.3, 0.4) is 0 Å². The molecule has 0 aliphatic carbocycles. The Morgan fingerprint density at radius 1 is 1.12 bits per heavy atom. The molecule has 0 aliphatic heterocycles. The maximum atomic E-state index is 14.8. The number of amides is 2. The topological polar surface area (TPSA) is 78.9 Å². The zero-order valence-corrected chi connectivity index (χ0v) is 18.9. The van der Waals surface area contributed by atoms with Crippen molar-refractivity contribution in [1.82, 2.24) is 5.32 Å². The van der Waals surface area contributed by atoms with Gasteiger partial charge in [0.1, 0.15) is 5.82 Å².